The normalized spacial score (nSPS) is 10.6. The number of likely N-dealkylation sites (N-methyl/N-ethyl adjacent to an activating group) is 1. The second-order valence-corrected chi connectivity index (χ2v) is 6.48. The number of fused-ring (bicyclic) bond motifs is 1. The first kappa shape index (κ1) is 18.4. The van der Waals surface area contributed by atoms with Gasteiger partial charge in [-0.2, -0.15) is 5.10 Å². The van der Waals surface area contributed by atoms with Crippen molar-refractivity contribution in [2.75, 3.05) is 23.9 Å². The number of carbonyl (C=O) groups excluding carboxylic acids is 3. The summed E-state index contributed by atoms with van der Waals surface area (Å²) in [6.45, 7) is 2.01. The van der Waals surface area contributed by atoms with Crippen molar-refractivity contribution >= 4 is 50.1 Å². The van der Waals surface area contributed by atoms with Crippen LogP contribution >= 0.6 is 11.3 Å². The zero-order valence-electron chi connectivity index (χ0n) is 14.6. The highest BCUT2D eigenvalue weighted by Crippen LogP contribution is 2.35. The predicted octanol–water partition coefficient (Wildman–Crippen LogP) is 1.72. The molecule has 0 unspecified atom stereocenters. The van der Waals surface area contributed by atoms with Crippen LogP contribution in [0.25, 0.3) is 10.2 Å². The first-order valence-electron chi connectivity index (χ1n) is 7.99. The number of primary amides is 1. The molecule has 0 fully saturated rings. The molecule has 10 heteroatoms. The number of benzene rings is 1. The molecule has 2 heterocycles. The number of nitrogens with one attached hydrogen (secondary N) is 2. The van der Waals surface area contributed by atoms with Gasteiger partial charge in [-0.25, -0.2) is 0 Å². The quantitative estimate of drug-likeness (QED) is 0.574. The molecule has 2 aromatic heterocycles. The van der Waals surface area contributed by atoms with E-state index in [0.29, 0.717) is 32.3 Å². The Labute approximate surface area is 158 Å². The standard InChI is InChI=1S/C17H17N5O4S/c1-3-22(17(25)13(18)23)12-8-10-14(20-21-16(10)27-12)19-15(24)9-6-4-5-7-11(9)26-2/h4-8H,3H2,1-2H3,(H2,18,23)(H2,19,20,21,24). The van der Waals surface area contributed by atoms with Gasteiger partial charge in [0, 0.05) is 6.54 Å². The highest BCUT2D eigenvalue weighted by atomic mass is 32.1. The Morgan fingerprint density at radius 2 is 2.07 bits per heavy atom. The molecule has 9 nitrogen and oxygen atoms in total. The first-order chi connectivity index (χ1) is 13.0. The molecule has 1 aromatic carbocycles. The summed E-state index contributed by atoms with van der Waals surface area (Å²) in [6.07, 6.45) is 0. The van der Waals surface area contributed by atoms with Gasteiger partial charge >= 0.3 is 11.8 Å². The summed E-state index contributed by atoms with van der Waals surface area (Å²) in [5, 5.41) is 10.8. The van der Waals surface area contributed by atoms with E-state index >= 15 is 0 Å². The van der Waals surface area contributed by atoms with Crippen molar-refractivity contribution in [3.8, 4) is 5.75 Å². The van der Waals surface area contributed by atoms with Crippen molar-refractivity contribution in [3.63, 3.8) is 0 Å². The van der Waals surface area contributed by atoms with Crippen LogP contribution in [0.15, 0.2) is 30.3 Å². The van der Waals surface area contributed by atoms with Gasteiger partial charge in [0.05, 0.1) is 18.1 Å². The zero-order chi connectivity index (χ0) is 19.6. The van der Waals surface area contributed by atoms with Crippen molar-refractivity contribution in [2.24, 2.45) is 5.73 Å². The Morgan fingerprint density at radius 3 is 2.74 bits per heavy atom. The molecule has 0 atom stereocenters. The molecule has 3 rings (SSSR count). The fourth-order valence-electron chi connectivity index (χ4n) is 2.57. The number of amides is 3. The molecule has 0 spiro atoms. The van der Waals surface area contributed by atoms with Crippen LogP contribution in [-0.4, -0.2) is 41.6 Å². The molecular formula is C17H17N5O4S. The number of aromatic amines is 1. The van der Waals surface area contributed by atoms with Crippen molar-refractivity contribution in [2.45, 2.75) is 6.92 Å². The SMILES string of the molecule is CCN(C(=O)C(N)=O)c1cc2c(NC(=O)c3ccccc3OC)[nH]nc2s1. The van der Waals surface area contributed by atoms with Gasteiger partial charge < -0.3 is 15.8 Å². The second-order valence-electron chi connectivity index (χ2n) is 5.47. The van der Waals surface area contributed by atoms with Crippen LogP contribution in [0.5, 0.6) is 5.75 Å². The fraction of sp³-hybridized carbons (Fsp3) is 0.176. The summed E-state index contributed by atoms with van der Waals surface area (Å²) >= 11 is 1.21. The van der Waals surface area contributed by atoms with Crippen molar-refractivity contribution in [1.29, 1.82) is 0 Å². The third-order valence-corrected chi connectivity index (χ3v) is 4.92. The number of para-hydroxylation sites is 1. The van der Waals surface area contributed by atoms with Crippen LogP contribution < -0.4 is 20.7 Å². The molecule has 4 N–H and O–H groups in total. The lowest BCUT2D eigenvalue weighted by molar-refractivity contribution is -0.135. The third kappa shape index (κ3) is 3.47. The Hall–Kier alpha value is -3.40. The number of thiophene rings is 1. The Balaban J connectivity index is 1.90. The zero-order valence-corrected chi connectivity index (χ0v) is 15.4. The second kappa shape index (κ2) is 7.46. The summed E-state index contributed by atoms with van der Waals surface area (Å²) in [4.78, 5) is 37.6. The van der Waals surface area contributed by atoms with Gasteiger partial charge in [-0.1, -0.05) is 23.5 Å². The molecule has 0 aliphatic rings. The summed E-state index contributed by atoms with van der Waals surface area (Å²) < 4.78 is 5.20. The Bertz CT molecular complexity index is 1030. The monoisotopic (exact) mass is 387 g/mol. The summed E-state index contributed by atoms with van der Waals surface area (Å²) in [5.74, 6) is -1.38. The van der Waals surface area contributed by atoms with Crippen LogP contribution in [0.4, 0.5) is 10.8 Å². The van der Waals surface area contributed by atoms with Gasteiger partial charge in [-0.15, -0.1) is 0 Å². The van der Waals surface area contributed by atoms with Crippen LogP contribution in [0, 0.1) is 0 Å². The molecule has 27 heavy (non-hydrogen) atoms. The molecule has 0 aliphatic heterocycles. The highest BCUT2D eigenvalue weighted by molar-refractivity contribution is 7.22. The number of carbonyl (C=O) groups is 3. The molecule has 0 bridgehead atoms. The number of anilines is 2. The van der Waals surface area contributed by atoms with E-state index in [4.69, 9.17) is 10.5 Å². The average Bonchev–Trinajstić information content (AvgIpc) is 3.24. The average molecular weight is 387 g/mol. The fourth-order valence-corrected chi connectivity index (χ4v) is 3.63. The lowest BCUT2D eigenvalue weighted by Crippen LogP contribution is -2.39. The molecular weight excluding hydrogens is 370 g/mol. The van der Waals surface area contributed by atoms with Gasteiger partial charge in [0.2, 0.25) is 0 Å². The number of methoxy groups -OCH3 is 1. The molecule has 0 radical (unpaired) electrons. The Morgan fingerprint density at radius 1 is 1.33 bits per heavy atom. The molecule has 140 valence electrons. The molecule has 0 aliphatic carbocycles. The minimum Gasteiger partial charge on any atom is -0.496 e. The van der Waals surface area contributed by atoms with E-state index in [0.717, 1.165) is 0 Å². The Kier molecular flexibility index (Phi) is 5.08. The van der Waals surface area contributed by atoms with Crippen LogP contribution in [0.1, 0.15) is 17.3 Å². The maximum absolute atomic E-state index is 12.6. The van der Waals surface area contributed by atoms with E-state index in [-0.39, 0.29) is 12.5 Å². The van der Waals surface area contributed by atoms with Gasteiger partial charge in [-0.3, -0.25) is 24.4 Å². The smallest absolute Gasteiger partial charge is 0.316 e. The lowest BCUT2D eigenvalue weighted by atomic mass is 10.2. The lowest BCUT2D eigenvalue weighted by Gasteiger charge is -2.16. The van der Waals surface area contributed by atoms with E-state index in [1.54, 1.807) is 37.3 Å². The van der Waals surface area contributed by atoms with Crippen LogP contribution in [-0.2, 0) is 9.59 Å². The van der Waals surface area contributed by atoms with E-state index in [1.807, 2.05) is 0 Å². The van der Waals surface area contributed by atoms with Gasteiger partial charge in [0.15, 0.2) is 0 Å². The third-order valence-electron chi connectivity index (χ3n) is 3.87. The van der Waals surface area contributed by atoms with Crippen LogP contribution in [0.2, 0.25) is 0 Å². The largest absolute Gasteiger partial charge is 0.496 e. The van der Waals surface area contributed by atoms with Crippen molar-refractivity contribution in [3.05, 3.63) is 35.9 Å². The van der Waals surface area contributed by atoms with Crippen molar-refractivity contribution in [1.82, 2.24) is 10.2 Å². The molecule has 3 aromatic rings. The maximum Gasteiger partial charge on any atom is 0.316 e. The molecule has 0 saturated heterocycles. The number of rotatable bonds is 5. The number of nitrogens with zero attached hydrogens (tertiary/aromatic N) is 2. The number of hydrogen-bond donors (Lipinski definition) is 3. The molecule has 3 amide bonds. The highest BCUT2D eigenvalue weighted by Gasteiger charge is 2.23. The van der Waals surface area contributed by atoms with E-state index < -0.39 is 11.8 Å². The number of ether oxygens (including phenoxy) is 1. The summed E-state index contributed by atoms with van der Waals surface area (Å²) in [7, 11) is 1.49. The van der Waals surface area contributed by atoms with Gasteiger partial charge in [0.25, 0.3) is 5.91 Å². The predicted molar refractivity (Wildman–Crippen MR) is 102 cm³/mol. The minimum absolute atomic E-state index is 0.275. The topological polar surface area (TPSA) is 130 Å². The van der Waals surface area contributed by atoms with Gasteiger partial charge in [-0.05, 0) is 25.1 Å². The first-order valence-corrected chi connectivity index (χ1v) is 8.81. The summed E-state index contributed by atoms with van der Waals surface area (Å²) in [5.41, 5.74) is 5.46. The van der Waals surface area contributed by atoms with E-state index in [9.17, 15) is 14.4 Å². The van der Waals surface area contributed by atoms with Gasteiger partial charge in [0.1, 0.15) is 21.4 Å². The van der Waals surface area contributed by atoms with E-state index in [1.165, 1.54) is 23.3 Å². The van der Waals surface area contributed by atoms with Crippen molar-refractivity contribution < 1.29 is 19.1 Å². The minimum atomic E-state index is -1.03. The number of nitrogens with two attached hydrogens (primary N) is 1. The number of H-pyrrole nitrogens is 1. The van der Waals surface area contributed by atoms with E-state index in [2.05, 4.69) is 15.5 Å². The summed E-state index contributed by atoms with van der Waals surface area (Å²) in [6, 6.07) is 8.51. The molecule has 0 saturated carbocycles. The van der Waals surface area contributed by atoms with Crippen LogP contribution in [0.3, 0.4) is 0 Å². The number of hydrogen-bond acceptors (Lipinski definition) is 6. The maximum atomic E-state index is 12.6. The number of aromatic nitrogens is 2.